The van der Waals surface area contributed by atoms with E-state index in [9.17, 15) is 4.79 Å². The van der Waals surface area contributed by atoms with E-state index in [1.54, 1.807) is 0 Å². The fourth-order valence-corrected chi connectivity index (χ4v) is 5.17. The summed E-state index contributed by atoms with van der Waals surface area (Å²) in [5.41, 5.74) is 4.52. The van der Waals surface area contributed by atoms with Crippen molar-refractivity contribution in [3.05, 3.63) is 76.1 Å². The molecular formula is C27H29ClN2O3. The number of fused-ring (bicyclic) bond motifs is 4. The summed E-state index contributed by atoms with van der Waals surface area (Å²) < 4.78 is 14.7. The van der Waals surface area contributed by atoms with Gasteiger partial charge in [0.15, 0.2) is 5.60 Å². The Morgan fingerprint density at radius 3 is 2.52 bits per heavy atom. The van der Waals surface area contributed by atoms with E-state index in [1.165, 1.54) is 0 Å². The van der Waals surface area contributed by atoms with Gasteiger partial charge in [0.05, 0.1) is 17.5 Å². The number of rotatable bonds is 3. The number of hydrogen-bond acceptors (Lipinski definition) is 3. The van der Waals surface area contributed by atoms with Gasteiger partial charge in [-0.15, -0.1) is 0 Å². The highest BCUT2D eigenvalue weighted by molar-refractivity contribution is 6.30. The van der Waals surface area contributed by atoms with Crippen molar-refractivity contribution in [2.45, 2.75) is 52.2 Å². The maximum absolute atomic E-state index is 13.3. The number of benzene rings is 2. The molecule has 3 aromatic rings. The van der Waals surface area contributed by atoms with Crippen LogP contribution in [0.5, 0.6) is 11.5 Å². The van der Waals surface area contributed by atoms with Crippen molar-refractivity contribution in [2.24, 2.45) is 0 Å². The average molecular weight is 465 g/mol. The van der Waals surface area contributed by atoms with Crippen molar-refractivity contribution < 1.29 is 14.3 Å². The van der Waals surface area contributed by atoms with Gasteiger partial charge >= 0.3 is 0 Å². The fourth-order valence-electron chi connectivity index (χ4n) is 5.01. The number of carbonyl (C=O) groups is 1. The monoisotopic (exact) mass is 464 g/mol. The van der Waals surface area contributed by atoms with Crippen LogP contribution in [-0.4, -0.2) is 34.6 Å². The van der Waals surface area contributed by atoms with Gasteiger partial charge in [-0.1, -0.05) is 11.6 Å². The second-order valence-corrected chi connectivity index (χ2v) is 9.78. The number of piperidine rings is 1. The Kier molecular flexibility index (Phi) is 5.40. The van der Waals surface area contributed by atoms with Crippen LogP contribution in [0.15, 0.2) is 48.5 Å². The second kappa shape index (κ2) is 8.14. The Labute approximate surface area is 199 Å². The van der Waals surface area contributed by atoms with E-state index in [-0.39, 0.29) is 12.0 Å². The van der Waals surface area contributed by atoms with Crippen molar-refractivity contribution in [3.63, 3.8) is 0 Å². The van der Waals surface area contributed by atoms with Crippen LogP contribution in [-0.2, 0) is 5.60 Å². The molecule has 0 bridgehead atoms. The highest BCUT2D eigenvalue weighted by Crippen LogP contribution is 2.46. The van der Waals surface area contributed by atoms with E-state index in [1.807, 2.05) is 62.1 Å². The Balaban J connectivity index is 1.38. The quantitative estimate of drug-likeness (QED) is 0.473. The van der Waals surface area contributed by atoms with Crippen LogP contribution in [0, 0.1) is 13.8 Å². The van der Waals surface area contributed by atoms with Crippen LogP contribution >= 0.6 is 11.6 Å². The molecule has 5 nitrogen and oxygen atoms in total. The largest absolute Gasteiger partial charge is 0.491 e. The first-order chi connectivity index (χ1) is 15.8. The van der Waals surface area contributed by atoms with Crippen molar-refractivity contribution in [1.29, 1.82) is 0 Å². The number of ether oxygens (including phenoxy) is 2. The van der Waals surface area contributed by atoms with E-state index in [0.717, 1.165) is 47.0 Å². The third-order valence-corrected chi connectivity index (χ3v) is 6.89. The molecule has 3 heterocycles. The van der Waals surface area contributed by atoms with Crippen LogP contribution < -0.4 is 9.47 Å². The summed E-state index contributed by atoms with van der Waals surface area (Å²) >= 11 is 6.28. The molecule has 0 N–H and O–H groups in total. The van der Waals surface area contributed by atoms with E-state index < -0.39 is 5.60 Å². The lowest BCUT2D eigenvalue weighted by molar-refractivity contribution is -0.00945. The highest BCUT2D eigenvalue weighted by atomic mass is 35.5. The van der Waals surface area contributed by atoms with Gasteiger partial charge in [0, 0.05) is 48.3 Å². The van der Waals surface area contributed by atoms with Crippen molar-refractivity contribution in [1.82, 2.24) is 9.47 Å². The Hall–Kier alpha value is -2.92. The first-order valence-corrected chi connectivity index (χ1v) is 11.9. The Morgan fingerprint density at radius 2 is 1.82 bits per heavy atom. The van der Waals surface area contributed by atoms with Crippen LogP contribution in [0.1, 0.15) is 54.0 Å². The SMILES string of the molecule is Cc1cc(C(=O)N2CCC3(CC2)Oc2cc(Cl)ccc2-n2c(C)ccc23)ccc1OC(C)C. The summed E-state index contributed by atoms with van der Waals surface area (Å²) in [7, 11) is 0. The molecule has 0 saturated carbocycles. The van der Waals surface area contributed by atoms with Crippen molar-refractivity contribution >= 4 is 17.5 Å². The smallest absolute Gasteiger partial charge is 0.253 e. The van der Waals surface area contributed by atoms with E-state index in [2.05, 4.69) is 23.6 Å². The van der Waals surface area contributed by atoms with Crippen molar-refractivity contribution in [3.8, 4) is 17.2 Å². The highest BCUT2D eigenvalue weighted by Gasteiger charge is 2.45. The molecule has 0 radical (unpaired) electrons. The molecule has 0 aliphatic carbocycles. The molecule has 0 unspecified atom stereocenters. The van der Waals surface area contributed by atoms with Crippen LogP contribution in [0.4, 0.5) is 0 Å². The van der Waals surface area contributed by atoms with Crippen LogP contribution in [0.3, 0.4) is 0 Å². The molecular weight excluding hydrogens is 436 g/mol. The summed E-state index contributed by atoms with van der Waals surface area (Å²) in [4.78, 5) is 15.2. The van der Waals surface area contributed by atoms with Crippen LogP contribution in [0.25, 0.3) is 5.69 Å². The summed E-state index contributed by atoms with van der Waals surface area (Å²) in [6, 6.07) is 15.8. The first kappa shape index (κ1) is 21.9. The lowest BCUT2D eigenvalue weighted by atomic mass is 9.86. The summed E-state index contributed by atoms with van der Waals surface area (Å²) in [5.74, 6) is 1.67. The lowest BCUT2D eigenvalue weighted by Gasteiger charge is -2.45. The number of aryl methyl sites for hydroxylation is 2. The maximum Gasteiger partial charge on any atom is 0.253 e. The molecule has 1 fully saturated rings. The molecule has 6 heteroatoms. The third-order valence-electron chi connectivity index (χ3n) is 6.65. The zero-order valence-corrected chi connectivity index (χ0v) is 20.3. The van der Waals surface area contributed by atoms with Gasteiger partial charge in [-0.3, -0.25) is 4.79 Å². The molecule has 2 aliphatic heterocycles. The molecule has 1 amide bonds. The number of aromatic nitrogens is 1. The summed E-state index contributed by atoms with van der Waals surface area (Å²) in [6.45, 7) is 9.34. The minimum Gasteiger partial charge on any atom is -0.491 e. The molecule has 1 aromatic heterocycles. The van der Waals surface area contributed by atoms with Gasteiger partial charge in [-0.2, -0.15) is 0 Å². The van der Waals surface area contributed by atoms with Gasteiger partial charge in [0.1, 0.15) is 11.5 Å². The number of hydrogen-bond donors (Lipinski definition) is 0. The molecule has 2 aromatic carbocycles. The molecule has 172 valence electrons. The Bertz CT molecular complexity index is 1220. The molecule has 2 aliphatic rings. The number of carbonyl (C=O) groups excluding carboxylic acids is 1. The number of amides is 1. The number of nitrogens with zero attached hydrogens (tertiary/aromatic N) is 2. The summed E-state index contributed by atoms with van der Waals surface area (Å²) in [6.07, 6.45) is 1.55. The van der Waals surface area contributed by atoms with Gasteiger partial charge in [0.2, 0.25) is 0 Å². The molecule has 1 saturated heterocycles. The molecule has 33 heavy (non-hydrogen) atoms. The minimum absolute atomic E-state index is 0.0508. The van der Waals surface area contributed by atoms with E-state index in [4.69, 9.17) is 21.1 Å². The zero-order chi connectivity index (χ0) is 23.3. The van der Waals surface area contributed by atoms with Gasteiger partial charge in [0.25, 0.3) is 5.91 Å². The maximum atomic E-state index is 13.3. The molecule has 5 rings (SSSR count). The second-order valence-electron chi connectivity index (χ2n) is 9.34. The van der Waals surface area contributed by atoms with E-state index in [0.29, 0.717) is 23.7 Å². The van der Waals surface area contributed by atoms with Gasteiger partial charge in [-0.25, -0.2) is 0 Å². The summed E-state index contributed by atoms with van der Waals surface area (Å²) in [5, 5.41) is 0.657. The number of halogens is 1. The first-order valence-electron chi connectivity index (χ1n) is 11.5. The van der Waals surface area contributed by atoms with Crippen molar-refractivity contribution in [2.75, 3.05) is 13.1 Å². The minimum atomic E-state index is -0.465. The topological polar surface area (TPSA) is 43.7 Å². The zero-order valence-electron chi connectivity index (χ0n) is 19.5. The number of likely N-dealkylation sites (tertiary alicyclic amines) is 1. The standard InChI is InChI=1S/C27H29ClN2O3/c1-17(2)32-23-9-6-20(15-18(23)3)26(31)29-13-11-27(12-14-29)25-10-5-19(4)30(25)22-8-7-21(28)16-24(22)33-27/h5-10,15-17H,11-14H2,1-4H3. The van der Waals surface area contributed by atoms with E-state index >= 15 is 0 Å². The van der Waals surface area contributed by atoms with Gasteiger partial charge < -0.3 is 18.9 Å². The predicted molar refractivity (Wildman–Crippen MR) is 130 cm³/mol. The average Bonchev–Trinajstić information content (AvgIpc) is 3.17. The predicted octanol–water partition coefficient (Wildman–Crippen LogP) is 6.06. The lowest BCUT2D eigenvalue weighted by Crippen LogP contribution is -2.50. The fraction of sp³-hybridized carbons (Fsp3) is 0.370. The Morgan fingerprint density at radius 1 is 1.06 bits per heavy atom. The molecule has 1 spiro atoms. The van der Waals surface area contributed by atoms with Crippen LogP contribution in [0.2, 0.25) is 5.02 Å². The molecule has 0 atom stereocenters. The van der Waals surface area contributed by atoms with Gasteiger partial charge in [-0.05, 0) is 75.7 Å². The normalized spacial score (nSPS) is 16.4. The third kappa shape index (κ3) is 3.78.